The molecule has 1 aliphatic carbocycles. The summed E-state index contributed by atoms with van der Waals surface area (Å²) < 4.78 is 5.36. The van der Waals surface area contributed by atoms with Gasteiger partial charge >= 0.3 is 0 Å². The van der Waals surface area contributed by atoms with E-state index in [0.29, 0.717) is 42.5 Å². The minimum Gasteiger partial charge on any atom is -0.506 e. The van der Waals surface area contributed by atoms with Crippen LogP contribution in [0.2, 0.25) is 10.0 Å². The van der Waals surface area contributed by atoms with Crippen LogP contribution in [0, 0.1) is 5.92 Å². The highest BCUT2D eigenvalue weighted by Gasteiger charge is 2.39. The van der Waals surface area contributed by atoms with Crippen LogP contribution in [0.25, 0.3) is 0 Å². The Bertz CT molecular complexity index is 1030. The average Bonchev–Trinajstić information content (AvgIpc) is 3.26. The van der Waals surface area contributed by atoms with Crippen LogP contribution in [0.3, 0.4) is 0 Å². The number of fused-ring (bicyclic) bond motifs is 3. The third kappa shape index (κ3) is 3.35. The first-order valence-corrected chi connectivity index (χ1v) is 10.9. The number of anilines is 1. The van der Waals surface area contributed by atoms with Gasteiger partial charge in [0.15, 0.2) is 0 Å². The maximum absolute atomic E-state index is 13.0. The normalized spacial score (nSPS) is 24.9. The van der Waals surface area contributed by atoms with Crippen LogP contribution < -0.4 is 5.32 Å². The fourth-order valence-electron chi connectivity index (χ4n) is 4.81. The number of carbonyl (C=O) groups is 1. The second kappa shape index (κ2) is 7.80. The third-order valence-corrected chi connectivity index (χ3v) is 6.81. The third-order valence-electron chi connectivity index (χ3n) is 6.30. The molecule has 3 unspecified atom stereocenters. The molecule has 5 rings (SSSR count). The molecule has 2 aliphatic heterocycles. The predicted octanol–water partition coefficient (Wildman–Crippen LogP) is 5.00. The topological polar surface area (TPSA) is 61.8 Å². The van der Waals surface area contributed by atoms with Gasteiger partial charge in [-0.3, -0.25) is 4.79 Å². The van der Waals surface area contributed by atoms with Crippen LogP contribution in [0.5, 0.6) is 5.75 Å². The van der Waals surface area contributed by atoms with Crippen molar-refractivity contribution in [3.8, 4) is 5.75 Å². The molecule has 0 aromatic heterocycles. The van der Waals surface area contributed by atoms with E-state index in [1.807, 2.05) is 23.1 Å². The van der Waals surface area contributed by atoms with Gasteiger partial charge in [-0.05, 0) is 48.2 Å². The SMILES string of the molecule is O=C(c1ccc2c(c1)C1C=CCC1C(c1cc(Cl)cc(Cl)c1O)N2)N1CCOCC1. The van der Waals surface area contributed by atoms with Crippen molar-refractivity contribution in [3.63, 3.8) is 0 Å². The summed E-state index contributed by atoms with van der Waals surface area (Å²) >= 11 is 12.4. The Morgan fingerprint density at radius 3 is 2.73 bits per heavy atom. The maximum Gasteiger partial charge on any atom is 0.254 e. The Labute approximate surface area is 185 Å². The summed E-state index contributed by atoms with van der Waals surface area (Å²) in [4.78, 5) is 14.8. The zero-order valence-corrected chi connectivity index (χ0v) is 17.8. The number of halogens is 2. The van der Waals surface area contributed by atoms with Crippen LogP contribution in [0.1, 0.15) is 39.9 Å². The van der Waals surface area contributed by atoms with Gasteiger partial charge in [0.2, 0.25) is 0 Å². The molecular formula is C23H22Cl2N2O3. The number of morpholine rings is 1. The van der Waals surface area contributed by atoms with Crippen LogP contribution in [-0.4, -0.2) is 42.2 Å². The van der Waals surface area contributed by atoms with Crippen LogP contribution in [0.4, 0.5) is 5.69 Å². The lowest BCUT2D eigenvalue weighted by molar-refractivity contribution is 0.0303. The van der Waals surface area contributed by atoms with Crippen molar-refractivity contribution in [2.75, 3.05) is 31.6 Å². The number of hydrogen-bond donors (Lipinski definition) is 2. The van der Waals surface area contributed by atoms with E-state index in [1.54, 1.807) is 12.1 Å². The van der Waals surface area contributed by atoms with E-state index in [0.717, 1.165) is 17.7 Å². The van der Waals surface area contributed by atoms with E-state index in [1.165, 1.54) is 0 Å². The minimum absolute atomic E-state index is 0.0426. The van der Waals surface area contributed by atoms with Crippen LogP contribution in [0.15, 0.2) is 42.5 Å². The zero-order chi connectivity index (χ0) is 20.8. The van der Waals surface area contributed by atoms with Crippen molar-refractivity contribution in [1.29, 1.82) is 0 Å². The number of allylic oxidation sites excluding steroid dienone is 2. The fourth-order valence-corrected chi connectivity index (χ4v) is 5.32. The molecule has 1 saturated heterocycles. The molecule has 1 fully saturated rings. The highest BCUT2D eigenvalue weighted by atomic mass is 35.5. The molecular weight excluding hydrogens is 423 g/mol. The van der Waals surface area contributed by atoms with Crippen molar-refractivity contribution in [2.45, 2.75) is 18.4 Å². The summed E-state index contributed by atoms with van der Waals surface area (Å²) in [6, 6.07) is 9.03. The van der Waals surface area contributed by atoms with E-state index in [2.05, 4.69) is 17.5 Å². The molecule has 156 valence electrons. The van der Waals surface area contributed by atoms with Gasteiger partial charge in [-0.15, -0.1) is 0 Å². The molecule has 0 bridgehead atoms. The van der Waals surface area contributed by atoms with Gasteiger partial charge in [0.1, 0.15) is 5.75 Å². The molecule has 1 amide bonds. The number of nitrogens with one attached hydrogen (secondary N) is 1. The van der Waals surface area contributed by atoms with E-state index in [9.17, 15) is 9.90 Å². The quantitative estimate of drug-likeness (QED) is 0.639. The van der Waals surface area contributed by atoms with Crippen molar-refractivity contribution in [3.05, 3.63) is 69.2 Å². The molecule has 5 nitrogen and oxygen atoms in total. The number of aromatic hydroxyl groups is 1. The smallest absolute Gasteiger partial charge is 0.254 e. The van der Waals surface area contributed by atoms with E-state index in [4.69, 9.17) is 27.9 Å². The van der Waals surface area contributed by atoms with Crippen LogP contribution >= 0.6 is 23.2 Å². The number of phenols is 1. The summed E-state index contributed by atoms with van der Waals surface area (Å²) in [6.45, 7) is 2.41. The lowest BCUT2D eigenvalue weighted by Crippen LogP contribution is -2.40. The molecule has 2 aromatic carbocycles. The fraction of sp³-hybridized carbons (Fsp3) is 0.348. The number of amides is 1. The van der Waals surface area contributed by atoms with Crippen molar-refractivity contribution >= 4 is 34.8 Å². The van der Waals surface area contributed by atoms with Gasteiger partial charge in [-0.2, -0.15) is 0 Å². The summed E-state index contributed by atoms with van der Waals surface area (Å²) in [6.07, 6.45) is 5.23. The maximum atomic E-state index is 13.0. The molecule has 0 radical (unpaired) electrons. The van der Waals surface area contributed by atoms with Gasteiger partial charge in [-0.1, -0.05) is 35.4 Å². The zero-order valence-electron chi connectivity index (χ0n) is 16.3. The van der Waals surface area contributed by atoms with Crippen molar-refractivity contribution < 1.29 is 14.6 Å². The molecule has 0 spiro atoms. The molecule has 2 aromatic rings. The Kier molecular flexibility index (Phi) is 5.13. The second-order valence-electron chi connectivity index (χ2n) is 8.01. The van der Waals surface area contributed by atoms with Crippen molar-refractivity contribution in [1.82, 2.24) is 4.90 Å². The predicted molar refractivity (Wildman–Crippen MR) is 118 cm³/mol. The number of rotatable bonds is 2. The first-order valence-electron chi connectivity index (χ1n) is 10.1. The standard InChI is InChI=1S/C23H22Cl2N2O3/c24-14-11-18(22(28)19(25)12-14)21-16-3-1-2-15(16)17-10-13(4-5-20(17)26-21)23(29)27-6-8-30-9-7-27/h1-2,4-5,10-12,15-16,21,26,28H,3,6-9H2. The minimum atomic E-state index is -0.130. The number of phenolic OH excluding ortho intramolecular Hbond substituents is 1. The van der Waals surface area contributed by atoms with Gasteiger partial charge in [0.05, 0.1) is 24.3 Å². The first-order chi connectivity index (χ1) is 14.5. The van der Waals surface area contributed by atoms with Crippen LogP contribution in [-0.2, 0) is 4.74 Å². The number of ether oxygens (including phenoxy) is 1. The first kappa shape index (κ1) is 19.7. The highest BCUT2D eigenvalue weighted by molar-refractivity contribution is 6.35. The average molecular weight is 445 g/mol. The van der Waals surface area contributed by atoms with Crippen molar-refractivity contribution in [2.24, 2.45) is 5.92 Å². The number of nitrogens with zero attached hydrogens (tertiary/aromatic N) is 1. The molecule has 2 N–H and O–H groups in total. The summed E-state index contributed by atoms with van der Waals surface area (Å²) in [7, 11) is 0. The molecule has 0 saturated carbocycles. The van der Waals surface area contributed by atoms with E-state index >= 15 is 0 Å². The Morgan fingerprint density at radius 1 is 1.13 bits per heavy atom. The molecule has 3 aliphatic rings. The summed E-state index contributed by atoms with van der Waals surface area (Å²) in [5.41, 5.74) is 3.47. The van der Waals surface area contributed by atoms with Gasteiger partial charge in [-0.25, -0.2) is 0 Å². The summed E-state index contributed by atoms with van der Waals surface area (Å²) in [5.74, 6) is 0.459. The Morgan fingerprint density at radius 2 is 1.93 bits per heavy atom. The number of hydrogen-bond acceptors (Lipinski definition) is 4. The number of benzene rings is 2. The van der Waals surface area contributed by atoms with Gasteiger partial charge in [0.25, 0.3) is 5.91 Å². The molecule has 3 atom stereocenters. The lowest BCUT2D eigenvalue weighted by Gasteiger charge is -2.38. The Hall–Kier alpha value is -2.21. The van der Waals surface area contributed by atoms with E-state index in [-0.39, 0.29) is 34.6 Å². The lowest BCUT2D eigenvalue weighted by atomic mass is 9.76. The Balaban J connectivity index is 1.50. The second-order valence-corrected chi connectivity index (χ2v) is 8.85. The monoisotopic (exact) mass is 444 g/mol. The molecule has 7 heteroatoms. The molecule has 2 heterocycles. The van der Waals surface area contributed by atoms with Gasteiger partial charge < -0.3 is 20.1 Å². The van der Waals surface area contributed by atoms with E-state index < -0.39 is 0 Å². The molecule has 30 heavy (non-hydrogen) atoms. The largest absolute Gasteiger partial charge is 0.506 e. The summed E-state index contributed by atoms with van der Waals surface area (Å²) in [5, 5.41) is 14.9. The number of carbonyl (C=O) groups excluding carboxylic acids is 1. The van der Waals surface area contributed by atoms with Gasteiger partial charge in [0, 0.05) is 40.8 Å². The highest BCUT2D eigenvalue weighted by Crippen LogP contribution is 2.52.